The van der Waals surface area contributed by atoms with E-state index in [1.807, 2.05) is 19.1 Å². The molecule has 0 aliphatic heterocycles. The minimum absolute atomic E-state index is 0.279. The summed E-state index contributed by atoms with van der Waals surface area (Å²) in [4.78, 5) is 0.279. The van der Waals surface area contributed by atoms with Gasteiger partial charge in [0.2, 0.25) is 10.0 Å². The van der Waals surface area contributed by atoms with E-state index in [4.69, 9.17) is 5.73 Å². The van der Waals surface area contributed by atoms with E-state index in [0.717, 1.165) is 18.4 Å². The van der Waals surface area contributed by atoms with E-state index in [9.17, 15) is 8.42 Å². The molecular weight excluding hydrogens is 284 g/mol. The molecule has 1 aromatic carbocycles. The highest BCUT2D eigenvalue weighted by Gasteiger charge is 2.28. The standard InChI is InChI=1S/C16H26N2O2S/c1-12-9-10-13(2)16(15(12)17)21(19,20)18(3)11-14-7-5-4-6-8-14/h9-10,14H,4-8,11,17H2,1-3H3. The Balaban J connectivity index is 2.27. The van der Waals surface area contributed by atoms with Crippen molar-refractivity contribution in [3.63, 3.8) is 0 Å². The molecule has 2 N–H and O–H groups in total. The number of nitrogens with two attached hydrogens (primary N) is 1. The average molecular weight is 310 g/mol. The molecule has 0 radical (unpaired) electrons. The zero-order valence-corrected chi connectivity index (χ0v) is 14.0. The van der Waals surface area contributed by atoms with Gasteiger partial charge in [-0.1, -0.05) is 31.4 Å². The lowest BCUT2D eigenvalue weighted by molar-refractivity contribution is 0.300. The number of hydrogen-bond acceptors (Lipinski definition) is 3. The van der Waals surface area contributed by atoms with Crippen LogP contribution in [0.25, 0.3) is 0 Å². The molecule has 118 valence electrons. The van der Waals surface area contributed by atoms with Gasteiger partial charge in [-0.05, 0) is 43.7 Å². The van der Waals surface area contributed by atoms with Gasteiger partial charge in [0.1, 0.15) is 4.90 Å². The Hall–Kier alpha value is -1.07. The fourth-order valence-corrected chi connectivity index (χ4v) is 4.77. The van der Waals surface area contributed by atoms with Crippen molar-refractivity contribution in [3.8, 4) is 0 Å². The van der Waals surface area contributed by atoms with E-state index in [2.05, 4.69) is 0 Å². The second-order valence-electron chi connectivity index (χ2n) is 6.23. The topological polar surface area (TPSA) is 63.4 Å². The number of aryl methyl sites for hydroxylation is 2. The first-order chi connectivity index (χ1) is 9.84. The Kier molecular flexibility index (Phi) is 4.94. The molecule has 0 saturated heterocycles. The predicted molar refractivity (Wildman–Crippen MR) is 86.7 cm³/mol. The second kappa shape index (κ2) is 6.36. The Morgan fingerprint density at radius 1 is 1.14 bits per heavy atom. The number of sulfonamides is 1. The van der Waals surface area contributed by atoms with Crippen LogP contribution in [-0.2, 0) is 10.0 Å². The quantitative estimate of drug-likeness (QED) is 0.869. The molecule has 0 amide bonds. The molecule has 5 heteroatoms. The van der Waals surface area contributed by atoms with Crippen LogP contribution in [0.4, 0.5) is 5.69 Å². The summed E-state index contributed by atoms with van der Waals surface area (Å²) in [6.07, 6.45) is 5.95. The van der Waals surface area contributed by atoms with Crippen LogP contribution in [0.1, 0.15) is 43.2 Å². The molecule has 1 aliphatic carbocycles. The highest BCUT2D eigenvalue weighted by atomic mass is 32.2. The Morgan fingerprint density at radius 2 is 1.71 bits per heavy atom. The van der Waals surface area contributed by atoms with Gasteiger partial charge in [-0.25, -0.2) is 12.7 Å². The Labute approximate surface area is 128 Å². The molecule has 2 rings (SSSR count). The van der Waals surface area contributed by atoms with Gasteiger partial charge < -0.3 is 5.73 Å². The molecule has 0 bridgehead atoms. The van der Waals surface area contributed by atoms with Crippen LogP contribution in [-0.4, -0.2) is 26.3 Å². The van der Waals surface area contributed by atoms with Gasteiger partial charge >= 0.3 is 0 Å². The third-order valence-corrected chi connectivity index (χ3v) is 6.55. The third kappa shape index (κ3) is 3.40. The van der Waals surface area contributed by atoms with Crippen molar-refractivity contribution in [2.75, 3.05) is 19.3 Å². The van der Waals surface area contributed by atoms with Crippen LogP contribution in [0.3, 0.4) is 0 Å². The van der Waals surface area contributed by atoms with Crippen LogP contribution in [0.2, 0.25) is 0 Å². The maximum Gasteiger partial charge on any atom is 0.245 e. The van der Waals surface area contributed by atoms with E-state index in [1.54, 1.807) is 14.0 Å². The summed E-state index contributed by atoms with van der Waals surface area (Å²) in [6.45, 7) is 4.24. The van der Waals surface area contributed by atoms with Crippen molar-refractivity contribution < 1.29 is 8.42 Å². The van der Waals surface area contributed by atoms with E-state index in [1.165, 1.54) is 23.6 Å². The van der Waals surface area contributed by atoms with Gasteiger partial charge in [-0.3, -0.25) is 0 Å². The summed E-state index contributed by atoms with van der Waals surface area (Å²) in [7, 11) is -1.84. The number of nitrogens with zero attached hydrogens (tertiary/aromatic N) is 1. The number of nitrogen functional groups attached to an aromatic ring is 1. The first kappa shape index (κ1) is 16.3. The molecule has 21 heavy (non-hydrogen) atoms. The number of hydrogen-bond donors (Lipinski definition) is 1. The molecule has 1 saturated carbocycles. The number of benzene rings is 1. The molecular formula is C16H26N2O2S. The van der Waals surface area contributed by atoms with Gasteiger partial charge in [-0.15, -0.1) is 0 Å². The van der Waals surface area contributed by atoms with Gasteiger partial charge in [0.05, 0.1) is 5.69 Å². The zero-order valence-electron chi connectivity index (χ0n) is 13.2. The molecule has 0 heterocycles. The summed E-state index contributed by atoms with van der Waals surface area (Å²) in [5, 5.41) is 0. The SMILES string of the molecule is Cc1ccc(C)c(S(=O)(=O)N(C)CC2CCCCC2)c1N. The molecule has 1 aromatic rings. The lowest BCUT2D eigenvalue weighted by atomic mass is 9.89. The van der Waals surface area contributed by atoms with Crippen molar-refractivity contribution >= 4 is 15.7 Å². The first-order valence-corrected chi connectivity index (χ1v) is 9.10. The lowest BCUT2D eigenvalue weighted by Gasteiger charge is -2.27. The van der Waals surface area contributed by atoms with E-state index in [0.29, 0.717) is 23.7 Å². The van der Waals surface area contributed by atoms with Crippen molar-refractivity contribution in [2.24, 2.45) is 5.92 Å². The monoisotopic (exact) mass is 310 g/mol. The van der Waals surface area contributed by atoms with Crippen LogP contribution in [0, 0.1) is 19.8 Å². The number of rotatable bonds is 4. The van der Waals surface area contributed by atoms with E-state index < -0.39 is 10.0 Å². The highest BCUT2D eigenvalue weighted by Crippen LogP contribution is 2.30. The summed E-state index contributed by atoms with van der Waals surface area (Å²) in [6, 6.07) is 3.69. The fraction of sp³-hybridized carbons (Fsp3) is 0.625. The lowest BCUT2D eigenvalue weighted by Crippen LogP contribution is -2.33. The molecule has 1 fully saturated rings. The van der Waals surface area contributed by atoms with Gasteiger partial charge in [-0.2, -0.15) is 0 Å². The molecule has 0 aromatic heterocycles. The smallest absolute Gasteiger partial charge is 0.245 e. The molecule has 4 nitrogen and oxygen atoms in total. The second-order valence-corrected chi connectivity index (χ2v) is 8.21. The van der Waals surface area contributed by atoms with Crippen LogP contribution in [0.5, 0.6) is 0 Å². The third-order valence-electron chi connectivity index (χ3n) is 4.52. The highest BCUT2D eigenvalue weighted by molar-refractivity contribution is 7.89. The normalized spacial score (nSPS) is 17.3. The summed E-state index contributed by atoms with van der Waals surface area (Å²) >= 11 is 0. The largest absolute Gasteiger partial charge is 0.397 e. The zero-order chi connectivity index (χ0) is 15.6. The van der Waals surface area contributed by atoms with Gasteiger partial charge in [0.15, 0.2) is 0 Å². The van der Waals surface area contributed by atoms with E-state index >= 15 is 0 Å². The summed E-state index contributed by atoms with van der Waals surface area (Å²) in [5.41, 5.74) is 7.94. The van der Waals surface area contributed by atoms with Crippen LogP contribution < -0.4 is 5.73 Å². The Morgan fingerprint density at radius 3 is 2.33 bits per heavy atom. The maximum absolute atomic E-state index is 12.8. The van der Waals surface area contributed by atoms with Crippen molar-refractivity contribution in [1.29, 1.82) is 0 Å². The maximum atomic E-state index is 12.8. The Bertz CT molecular complexity index is 605. The van der Waals surface area contributed by atoms with Crippen LogP contribution in [0.15, 0.2) is 17.0 Å². The minimum atomic E-state index is -3.51. The molecule has 0 unspecified atom stereocenters. The number of anilines is 1. The van der Waals surface area contributed by atoms with Crippen molar-refractivity contribution in [1.82, 2.24) is 4.31 Å². The van der Waals surface area contributed by atoms with Gasteiger partial charge in [0, 0.05) is 13.6 Å². The van der Waals surface area contributed by atoms with Crippen molar-refractivity contribution in [2.45, 2.75) is 50.8 Å². The van der Waals surface area contributed by atoms with Gasteiger partial charge in [0.25, 0.3) is 0 Å². The fourth-order valence-electron chi connectivity index (χ4n) is 3.14. The van der Waals surface area contributed by atoms with Crippen LogP contribution >= 0.6 is 0 Å². The molecule has 1 aliphatic rings. The molecule has 0 atom stereocenters. The predicted octanol–water partition coefficient (Wildman–Crippen LogP) is 3.09. The molecule has 0 spiro atoms. The summed E-state index contributed by atoms with van der Waals surface area (Å²) in [5.74, 6) is 0.477. The minimum Gasteiger partial charge on any atom is -0.397 e. The van der Waals surface area contributed by atoms with E-state index in [-0.39, 0.29) is 4.90 Å². The van der Waals surface area contributed by atoms with Crippen molar-refractivity contribution in [3.05, 3.63) is 23.3 Å². The average Bonchev–Trinajstić information content (AvgIpc) is 2.44. The first-order valence-electron chi connectivity index (χ1n) is 7.66. The summed E-state index contributed by atoms with van der Waals surface area (Å²) < 4.78 is 27.2.